The highest BCUT2D eigenvalue weighted by atomic mass is 32.2. The Hall–Kier alpha value is -0.480. The van der Waals surface area contributed by atoms with E-state index in [-0.39, 0.29) is 5.54 Å². The van der Waals surface area contributed by atoms with Crippen molar-refractivity contribution in [3.8, 4) is 0 Å². The molecule has 0 radical (unpaired) electrons. The van der Waals surface area contributed by atoms with Gasteiger partial charge in [0, 0.05) is 18.0 Å². The molecule has 0 aliphatic carbocycles. The Bertz CT molecular complexity index is 301. The summed E-state index contributed by atoms with van der Waals surface area (Å²) in [7, 11) is 0. The molecule has 0 saturated carbocycles. The first-order valence-corrected chi connectivity index (χ1v) is 6.56. The summed E-state index contributed by atoms with van der Waals surface area (Å²) < 4.78 is 2.16. The van der Waals surface area contributed by atoms with Gasteiger partial charge in [0.1, 0.15) is 0 Å². The van der Waals surface area contributed by atoms with Crippen LogP contribution in [0.3, 0.4) is 0 Å². The highest BCUT2D eigenvalue weighted by Crippen LogP contribution is 2.18. The predicted octanol–water partition coefficient (Wildman–Crippen LogP) is 2.22. The van der Waals surface area contributed by atoms with Gasteiger partial charge in [-0.1, -0.05) is 6.92 Å². The minimum atomic E-state index is -0.306. The van der Waals surface area contributed by atoms with E-state index in [1.54, 1.807) is 0 Å². The summed E-state index contributed by atoms with van der Waals surface area (Å²) in [6.45, 7) is 7.27. The summed E-state index contributed by atoms with van der Waals surface area (Å²) in [5.41, 5.74) is 6.88. The average Bonchev–Trinajstić information content (AvgIpc) is 2.61. The van der Waals surface area contributed by atoms with Gasteiger partial charge >= 0.3 is 0 Å². The zero-order chi connectivity index (χ0) is 11.5. The van der Waals surface area contributed by atoms with Gasteiger partial charge in [0.2, 0.25) is 0 Å². The maximum atomic E-state index is 6.07. The van der Waals surface area contributed by atoms with E-state index >= 15 is 0 Å². The molecular weight excluding hydrogens is 206 g/mol. The summed E-state index contributed by atoms with van der Waals surface area (Å²) in [5, 5.41) is 0.682. The van der Waals surface area contributed by atoms with E-state index in [2.05, 4.69) is 22.7 Å². The fourth-order valence-electron chi connectivity index (χ4n) is 1.47. The lowest BCUT2D eigenvalue weighted by molar-refractivity contribution is 0.485. The standard InChI is InChI=1S/C11H21N3S/c1-9(15-4)5-6-14-8-13-7-10(14)11(2,3)12/h7-9H,5-6,12H2,1-4H3. The van der Waals surface area contributed by atoms with Gasteiger partial charge in [-0.2, -0.15) is 11.8 Å². The monoisotopic (exact) mass is 227 g/mol. The van der Waals surface area contributed by atoms with Crippen molar-refractivity contribution >= 4 is 11.8 Å². The summed E-state index contributed by atoms with van der Waals surface area (Å²) in [6, 6.07) is 0. The van der Waals surface area contributed by atoms with Gasteiger partial charge in [0.15, 0.2) is 0 Å². The van der Waals surface area contributed by atoms with E-state index in [9.17, 15) is 0 Å². The first-order chi connectivity index (χ1) is 6.95. The Kier molecular flexibility index (Phi) is 4.22. The van der Waals surface area contributed by atoms with Crippen LogP contribution in [0.5, 0.6) is 0 Å². The molecule has 15 heavy (non-hydrogen) atoms. The van der Waals surface area contributed by atoms with E-state index in [4.69, 9.17) is 5.73 Å². The van der Waals surface area contributed by atoms with Crippen LogP contribution in [0.1, 0.15) is 32.9 Å². The van der Waals surface area contributed by atoms with E-state index in [1.807, 2.05) is 38.1 Å². The second-order valence-corrected chi connectivity index (χ2v) is 5.81. The van der Waals surface area contributed by atoms with Crippen molar-refractivity contribution in [1.29, 1.82) is 0 Å². The number of nitrogens with two attached hydrogens (primary N) is 1. The Morgan fingerprint density at radius 2 is 2.27 bits per heavy atom. The Morgan fingerprint density at radius 3 is 2.80 bits per heavy atom. The number of nitrogens with zero attached hydrogens (tertiary/aromatic N) is 2. The van der Waals surface area contributed by atoms with Crippen LogP contribution in [-0.2, 0) is 12.1 Å². The number of hydrogen-bond acceptors (Lipinski definition) is 3. The van der Waals surface area contributed by atoms with Crippen molar-refractivity contribution < 1.29 is 0 Å². The summed E-state index contributed by atoms with van der Waals surface area (Å²) in [5.74, 6) is 0. The lowest BCUT2D eigenvalue weighted by Gasteiger charge is -2.21. The fourth-order valence-corrected chi connectivity index (χ4v) is 1.82. The van der Waals surface area contributed by atoms with E-state index in [0.29, 0.717) is 5.25 Å². The molecule has 1 unspecified atom stereocenters. The molecule has 0 bridgehead atoms. The fraction of sp³-hybridized carbons (Fsp3) is 0.727. The van der Waals surface area contributed by atoms with Crippen LogP contribution in [0.4, 0.5) is 0 Å². The third kappa shape index (κ3) is 3.54. The molecule has 0 amide bonds. The maximum Gasteiger partial charge on any atom is 0.0948 e. The Balaban J connectivity index is 2.66. The van der Waals surface area contributed by atoms with Crippen molar-refractivity contribution in [3.63, 3.8) is 0 Å². The SMILES string of the molecule is CSC(C)CCn1cncc1C(C)(C)N. The number of hydrogen-bond donors (Lipinski definition) is 1. The largest absolute Gasteiger partial charge is 0.333 e. The second-order valence-electron chi connectivity index (χ2n) is 4.53. The molecular formula is C11H21N3S. The smallest absolute Gasteiger partial charge is 0.0948 e. The minimum absolute atomic E-state index is 0.306. The number of aryl methyl sites for hydroxylation is 1. The molecule has 0 spiro atoms. The van der Waals surface area contributed by atoms with Crippen molar-refractivity contribution in [3.05, 3.63) is 18.2 Å². The third-order valence-electron chi connectivity index (χ3n) is 2.55. The predicted molar refractivity (Wildman–Crippen MR) is 67.0 cm³/mol. The van der Waals surface area contributed by atoms with Gasteiger partial charge in [0.25, 0.3) is 0 Å². The van der Waals surface area contributed by atoms with E-state index in [0.717, 1.165) is 18.7 Å². The maximum absolute atomic E-state index is 6.07. The molecule has 3 nitrogen and oxygen atoms in total. The second kappa shape index (κ2) is 5.03. The topological polar surface area (TPSA) is 43.8 Å². The number of thioether (sulfide) groups is 1. The van der Waals surface area contributed by atoms with Crippen LogP contribution in [0, 0.1) is 0 Å². The van der Waals surface area contributed by atoms with Crippen LogP contribution in [0.25, 0.3) is 0 Å². The lowest BCUT2D eigenvalue weighted by Crippen LogP contribution is -2.31. The van der Waals surface area contributed by atoms with E-state index < -0.39 is 0 Å². The normalized spacial score (nSPS) is 14.2. The minimum Gasteiger partial charge on any atom is -0.333 e. The number of aromatic nitrogens is 2. The lowest BCUT2D eigenvalue weighted by atomic mass is 10.0. The zero-order valence-corrected chi connectivity index (χ0v) is 10.8. The highest BCUT2D eigenvalue weighted by Gasteiger charge is 2.18. The molecule has 86 valence electrons. The van der Waals surface area contributed by atoms with E-state index in [1.165, 1.54) is 0 Å². The van der Waals surface area contributed by atoms with Crippen LogP contribution in [0.2, 0.25) is 0 Å². The first-order valence-electron chi connectivity index (χ1n) is 5.27. The van der Waals surface area contributed by atoms with Crippen LogP contribution >= 0.6 is 11.8 Å². The molecule has 0 aliphatic heterocycles. The highest BCUT2D eigenvalue weighted by molar-refractivity contribution is 7.99. The Labute approximate surface area is 96.5 Å². The van der Waals surface area contributed by atoms with Crippen molar-refractivity contribution in [2.24, 2.45) is 5.73 Å². The first kappa shape index (κ1) is 12.6. The van der Waals surface area contributed by atoms with Gasteiger partial charge in [0.05, 0.1) is 17.6 Å². The van der Waals surface area contributed by atoms with Crippen molar-refractivity contribution in [1.82, 2.24) is 9.55 Å². The van der Waals surface area contributed by atoms with Gasteiger partial charge in [-0.3, -0.25) is 0 Å². The molecule has 0 fully saturated rings. The summed E-state index contributed by atoms with van der Waals surface area (Å²) >= 11 is 1.89. The van der Waals surface area contributed by atoms with Crippen molar-refractivity contribution in [2.45, 2.75) is 44.5 Å². The third-order valence-corrected chi connectivity index (χ3v) is 3.59. The van der Waals surface area contributed by atoms with Gasteiger partial charge in [-0.15, -0.1) is 0 Å². The molecule has 1 atom stereocenters. The quantitative estimate of drug-likeness (QED) is 0.839. The molecule has 1 aromatic rings. The zero-order valence-electron chi connectivity index (χ0n) is 10.0. The van der Waals surface area contributed by atoms with Gasteiger partial charge in [-0.05, 0) is 26.5 Å². The Morgan fingerprint density at radius 1 is 1.60 bits per heavy atom. The number of rotatable bonds is 5. The van der Waals surface area contributed by atoms with Gasteiger partial charge < -0.3 is 10.3 Å². The molecule has 1 rings (SSSR count). The number of imidazole rings is 1. The molecule has 0 aliphatic rings. The molecule has 2 N–H and O–H groups in total. The van der Waals surface area contributed by atoms with Crippen molar-refractivity contribution in [2.75, 3.05) is 6.26 Å². The molecule has 1 heterocycles. The summed E-state index contributed by atoms with van der Waals surface area (Å²) in [6.07, 6.45) is 7.04. The molecule has 4 heteroatoms. The van der Waals surface area contributed by atoms with Crippen LogP contribution in [-0.4, -0.2) is 21.1 Å². The van der Waals surface area contributed by atoms with Crippen LogP contribution < -0.4 is 5.73 Å². The molecule has 0 saturated heterocycles. The average molecular weight is 227 g/mol. The molecule has 0 aromatic carbocycles. The van der Waals surface area contributed by atoms with Crippen LogP contribution in [0.15, 0.2) is 12.5 Å². The molecule has 1 aromatic heterocycles. The summed E-state index contributed by atoms with van der Waals surface area (Å²) in [4.78, 5) is 4.17. The van der Waals surface area contributed by atoms with Gasteiger partial charge in [-0.25, -0.2) is 4.98 Å².